The van der Waals surface area contributed by atoms with E-state index in [9.17, 15) is 9.59 Å². The van der Waals surface area contributed by atoms with Crippen molar-refractivity contribution in [3.63, 3.8) is 0 Å². The summed E-state index contributed by atoms with van der Waals surface area (Å²) < 4.78 is 0. The fourth-order valence-electron chi connectivity index (χ4n) is 2.36. The van der Waals surface area contributed by atoms with E-state index in [0.29, 0.717) is 12.1 Å². The number of pyridine rings is 1. The predicted molar refractivity (Wildman–Crippen MR) is 65.3 cm³/mol. The molecule has 1 unspecified atom stereocenters. The van der Waals surface area contributed by atoms with Crippen LogP contribution in [0.15, 0.2) is 18.3 Å². The highest BCUT2D eigenvalue weighted by Crippen LogP contribution is 2.22. The first kappa shape index (κ1) is 12.5. The van der Waals surface area contributed by atoms with Crippen molar-refractivity contribution in [2.75, 3.05) is 6.54 Å². The lowest BCUT2D eigenvalue weighted by Gasteiger charge is -2.23. The molecular weight excluding hydrogens is 232 g/mol. The number of aromatic nitrogens is 1. The zero-order valence-corrected chi connectivity index (χ0v) is 10.3. The normalized spacial score (nSPS) is 18.9. The number of carbonyl (C=O) groups excluding carboxylic acids is 1. The van der Waals surface area contributed by atoms with Crippen molar-refractivity contribution in [3.05, 3.63) is 29.6 Å². The molecule has 1 saturated heterocycles. The molecule has 18 heavy (non-hydrogen) atoms. The van der Waals surface area contributed by atoms with Gasteiger partial charge in [-0.3, -0.25) is 14.6 Å². The van der Waals surface area contributed by atoms with Crippen LogP contribution in [0.25, 0.3) is 0 Å². The Morgan fingerprint density at radius 3 is 3.00 bits per heavy atom. The van der Waals surface area contributed by atoms with Gasteiger partial charge < -0.3 is 10.0 Å². The molecule has 2 rings (SSSR count). The highest BCUT2D eigenvalue weighted by atomic mass is 16.4. The number of aliphatic carboxylic acids is 1. The Bertz CT molecular complexity index is 473. The topological polar surface area (TPSA) is 70.5 Å². The molecule has 0 aromatic carbocycles. The van der Waals surface area contributed by atoms with Gasteiger partial charge in [0.1, 0.15) is 0 Å². The van der Waals surface area contributed by atoms with E-state index < -0.39 is 5.97 Å². The zero-order valence-electron chi connectivity index (χ0n) is 10.3. The number of hydrogen-bond acceptors (Lipinski definition) is 3. The molecule has 1 aromatic heterocycles. The van der Waals surface area contributed by atoms with Crippen molar-refractivity contribution in [2.24, 2.45) is 0 Å². The second kappa shape index (κ2) is 5.16. The third-order valence-corrected chi connectivity index (χ3v) is 3.19. The van der Waals surface area contributed by atoms with Gasteiger partial charge in [0.15, 0.2) is 0 Å². The Hall–Kier alpha value is -1.91. The number of aryl methyl sites for hydroxylation is 1. The van der Waals surface area contributed by atoms with Gasteiger partial charge in [0.05, 0.1) is 6.42 Å². The van der Waals surface area contributed by atoms with Gasteiger partial charge in [-0.05, 0) is 31.9 Å². The van der Waals surface area contributed by atoms with Crippen molar-refractivity contribution in [1.29, 1.82) is 0 Å². The van der Waals surface area contributed by atoms with E-state index in [4.69, 9.17) is 5.11 Å². The number of carbonyl (C=O) groups is 2. The second-order valence-electron chi connectivity index (χ2n) is 4.58. The number of amides is 1. The molecule has 0 bridgehead atoms. The predicted octanol–water partition coefficient (Wildman–Crippen LogP) is 1.47. The van der Waals surface area contributed by atoms with Crippen LogP contribution in [-0.2, 0) is 4.79 Å². The van der Waals surface area contributed by atoms with Gasteiger partial charge in [-0.1, -0.05) is 0 Å². The molecule has 1 aliphatic heterocycles. The summed E-state index contributed by atoms with van der Waals surface area (Å²) in [4.78, 5) is 28.8. The summed E-state index contributed by atoms with van der Waals surface area (Å²) in [5.74, 6) is -0.949. The van der Waals surface area contributed by atoms with Crippen LogP contribution >= 0.6 is 0 Å². The Kier molecular flexibility index (Phi) is 3.60. The first-order valence-corrected chi connectivity index (χ1v) is 6.03. The summed E-state index contributed by atoms with van der Waals surface area (Å²) >= 11 is 0. The summed E-state index contributed by atoms with van der Waals surface area (Å²) in [7, 11) is 0. The number of carboxylic acid groups (broad SMARTS) is 1. The maximum Gasteiger partial charge on any atom is 0.305 e. The first-order chi connectivity index (χ1) is 8.58. The smallest absolute Gasteiger partial charge is 0.305 e. The number of likely N-dealkylation sites (tertiary alicyclic amines) is 1. The van der Waals surface area contributed by atoms with E-state index in [-0.39, 0.29) is 18.4 Å². The third kappa shape index (κ3) is 2.67. The van der Waals surface area contributed by atoms with E-state index >= 15 is 0 Å². The summed E-state index contributed by atoms with van der Waals surface area (Å²) in [5, 5.41) is 8.84. The molecule has 0 radical (unpaired) electrons. The van der Waals surface area contributed by atoms with Crippen LogP contribution < -0.4 is 0 Å². The molecule has 1 amide bonds. The number of nitrogens with zero attached hydrogens (tertiary/aromatic N) is 2. The van der Waals surface area contributed by atoms with E-state index in [0.717, 1.165) is 18.5 Å². The van der Waals surface area contributed by atoms with E-state index in [1.165, 1.54) is 0 Å². The summed E-state index contributed by atoms with van der Waals surface area (Å²) in [6, 6.07) is 3.23. The van der Waals surface area contributed by atoms with Crippen LogP contribution in [0.5, 0.6) is 0 Å². The number of rotatable bonds is 3. The van der Waals surface area contributed by atoms with Crippen LogP contribution in [0, 0.1) is 6.92 Å². The lowest BCUT2D eigenvalue weighted by atomic mass is 10.1. The quantitative estimate of drug-likeness (QED) is 0.879. The molecule has 1 fully saturated rings. The van der Waals surface area contributed by atoms with Crippen molar-refractivity contribution in [2.45, 2.75) is 32.2 Å². The molecule has 5 nitrogen and oxygen atoms in total. The molecule has 0 aliphatic carbocycles. The Morgan fingerprint density at radius 2 is 2.33 bits per heavy atom. The zero-order chi connectivity index (χ0) is 13.1. The molecular formula is C13H16N2O3. The molecule has 1 N–H and O–H groups in total. The molecule has 0 saturated carbocycles. The Balaban J connectivity index is 2.15. The van der Waals surface area contributed by atoms with E-state index in [1.54, 1.807) is 23.2 Å². The Morgan fingerprint density at radius 1 is 1.56 bits per heavy atom. The third-order valence-electron chi connectivity index (χ3n) is 3.19. The number of carboxylic acids is 1. The molecule has 2 heterocycles. The largest absolute Gasteiger partial charge is 0.481 e. The maximum atomic E-state index is 12.3. The summed E-state index contributed by atoms with van der Waals surface area (Å²) in [6.07, 6.45) is 3.26. The van der Waals surface area contributed by atoms with Crippen LogP contribution in [0.1, 0.15) is 35.3 Å². The average molecular weight is 248 g/mol. The van der Waals surface area contributed by atoms with Gasteiger partial charge in [0, 0.05) is 30.0 Å². The van der Waals surface area contributed by atoms with Crippen LogP contribution in [-0.4, -0.2) is 39.5 Å². The SMILES string of the molecule is Cc1cc(C(=O)N2CCCC2CC(=O)O)ccn1. The van der Waals surface area contributed by atoms with Gasteiger partial charge in [0.25, 0.3) is 5.91 Å². The second-order valence-corrected chi connectivity index (χ2v) is 4.58. The molecule has 96 valence electrons. The van der Waals surface area contributed by atoms with Crippen molar-refractivity contribution in [3.8, 4) is 0 Å². The number of hydrogen-bond donors (Lipinski definition) is 1. The summed E-state index contributed by atoms with van der Waals surface area (Å²) in [6.45, 7) is 2.47. The molecule has 1 aliphatic rings. The van der Waals surface area contributed by atoms with Crippen molar-refractivity contribution in [1.82, 2.24) is 9.88 Å². The minimum Gasteiger partial charge on any atom is -0.481 e. The lowest BCUT2D eigenvalue weighted by Crippen LogP contribution is -2.36. The van der Waals surface area contributed by atoms with Gasteiger partial charge in [-0.15, -0.1) is 0 Å². The van der Waals surface area contributed by atoms with Crippen LogP contribution in [0.4, 0.5) is 0 Å². The van der Waals surface area contributed by atoms with E-state index in [2.05, 4.69) is 4.98 Å². The fourth-order valence-corrected chi connectivity index (χ4v) is 2.36. The van der Waals surface area contributed by atoms with E-state index in [1.807, 2.05) is 6.92 Å². The fraction of sp³-hybridized carbons (Fsp3) is 0.462. The molecule has 0 spiro atoms. The van der Waals surface area contributed by atoms with Gasteiger partial charge in [-0.25, -0.2) is 0 Å². The van der Waals surface area contributed by atoms with Crippen molar-refractivity contribution < 1.29 is 14.7 Å². The first-order valence-electron chi connectivity index (χ1n) is 6.03. The van der Waals surface area contributed by atoms with Gasteiger partial charge in [-0.2, -0.15) is 0 Å². The minimum atomic E-state index is -0.856. The average Bonchev–Trinajstić information content (AvgIpc) is 2.75. The molecule has 5 heteroatoms. The van der Waals surface area contributed by atoms with Crippen LogP contribution in [0.2, 0.25) is 0 Å². The maximum absolute atomic E-state index is 12.3. The monoisotopic (exact) mass is 248 g/mol. The molecule has 1 aromatic rings. The summed E-state index contributed by atoms with van der Waals surface area (Å²) in [5.41, 5.74) is 1.37. The van der Waals surface area contributed by atoms with Crippen LogP contribution in [0.3, 0.4) is 0 Å². The highest BCUT2D eigenvalue weighted by Gasteiger charge is 2.30. The van der Waals surface area contributed by atoms with Gasteiger partial charge >= 0.3 is 5.97 Å². The molecule has 1 atom stereocenters. The minimum absolute atomic E-state index is 0.0236. The highest BCUT2D eigenvalue weighted by molar-refractivity contribution is 5.94. The van der Waals surface area contributed by atoms with Crippen molar-refractivity contribution >= 4 is 11.9 Å². The lowest BCUT2D eigenvalue weighted by molar-refractivity contribution is -0.137. The van der Waals surface area contributed by atoms with Gasteiger partial charge in [0.2, 0.25) is 0 Å². The standard InChI is InChI=1S/C13H16N2O3/c1-9-7-10(4-5-14-9)13(18)15-6-2-3-11(15)8-12(16)17/h4-5,7,11H,2-3,6,8H2,1H3,(H,16,17). The Labute approximate surface area is 105 Å².